The number of halogens is 1. The first-order valence-corrected chi connectivity index (χ1v) is 7.11. The molecule has 1 aromatic carbocycles. The third-order valence-corrected chi connectivity index (χ3v) is 3.58. The molecule has 0 aliphatic carbocycles. The fraction of sp³-hybridized carbons (Fsp3) is 0.500. The van der Waals surface area contributed by atoms with E-state index in [0.717, 1.165) is 18.6 Å². The normalized spacial score (nSPS) is 11.3. The van der Waals surface area contributed by atoms with Gasteiger partial charge in [0.2, 0.25) is 0 Å². The molecule has 0 bridgehead atoms. The van der Waals surface area contributed by atoms with Gasteiger partial charge in [-0.25, -0.2) is 0 Å². The lowest BCUT2D eigenvalue weighted by molar-refractivity contribution is -0.147. The van der Waals surface area contributed by atoms with Crippen LogP contribution < -0.4 is 4.74 Å². The van der Waals surface area contributed by atoms with Crippen LogP contribution in [0.1, 0.15) is 33.1 Å². The molecule has 1 N–H and O–H groups in total. The number of carbonyl (C=O) groups is 1. The molecule has 0 atom stereocenters. The highest BCUT2D eigenvalue weighted by Gasteiger charge is 2.25. The molecule has 0 saturated carbocycles. The number of ether oxygens (including phenoxy) is 1. The van der Waals surface area contributed by atoms with E-state index in [-0.39, 0.29) is 0 Å². The first kappa shape index (κ1) is 15.3. The molecular weight excluding hydrogens is 343 g/mol. The molecule has 0 aliphatic rings. The van der Waals surface area contributed by atoms with Gasteiger partial charge in [-0.3, -0.25) is 4.79 Å². The lowest BCUT2D eigenvalue weighted by Gasteiger charge is -2.18. The summed E-state index contributed by atoms with van der Waals surface area (Å²) in [5.41, 5.74) is -0.636. The second kappa shape index (κ2) is 6.97. The Bertz CT molecular complexity index is 385. The molecule has 0 spiro atoms. The van der Waals surface area contributed by atoms with Crippen LogP contribution in [0.4, 0.5) is 0 Å². The maximum atomic E-state index is 10.9. The topological polar surface area (TPSA) is 46.5 Å². The van der Waals surface area contributed by atoms with Crippen molar-refractivity contribution in [3.8, 4) is 5.75 Å². The number of hydrogen-bond donors (Lipinski definition) is 1. The third kappa shape index (κ3) is 5.25. The van der Waals surface area contributed by atoms with E-state index in [1.807, 2.05) is 24.3 Å². The van der Waals surface area contributed by atoms with Crippen molar-refractivity contribution in [2.75, 3.05) is 6.61 Å². The second-order valence-electron chi connectivity index (χ2n) is 4.95. The summed E-state index contributed by atoms with van der Waals surface area (Å²) < 4.78 is 6.77. The van der Waals surface area contributed by atoms with Gasteiger partial charge in [0.25, 0.3) is 0 Å². The predicted molar refractivity (Wildman–Crippen MR) is 79.9 cm³/mol. The van der Waals surface area contributed by atoms with Gasteiger partial charge < -0.3 is 9.84 Å². The van der Waals surface area contributed by atoms with Crippen molar-refractivity contribution in [1.82, 2.24) is 0 Å². The minimum absolute atomic E-state index is 0.635. The molecule has 0 heterocycles. The zero-order valence-electron chi connectivity index (χ0n) is 10.8. The number of carboxylic acids is 1. The van der Waals surface area contributed by atoms with E-state index < -0.39 is 11.4 Å². The van der Waals surface area contributed by atoms with Gasteiger partial charge in [-0.2, -0.15) is 0 Å². The molecule has 0 amide bonds. The molecule has 1 rings (SSSR count). The summed E-state index contributed by atoms with van der Waals surface area (Å²) in [6.45, 7) is 4.15. The van der Waals surface area contributed by atoms with E-state index in [0.29, 0.717) is 13.0 Å². The molecule has 0 radical (unpaired) electrons. The van der Waals surface area contributed by atoms with E-state index in [1.165, 1.54) is 3.57 Å². The van der Waals surface area contributed by atoms with E-state index >= 15 is 0 Å². The molecule has 0 unspecified atom stereocenters. The fourth-order valence-corrected chi connectivity index (χ4v) is 1.86. The zero-order valence-corrected chi connectivity index (χ0v) is 12.9. The summed E-state index contributed by atoms with van der Waals surface area (Å²) in [6.07, 6.45) is 2.42. The van der Waals surface area contributed by atoms with Gasteiger partial charge in [0.1, 0.15) is 5.75 Å². The molecule has 1 aromatic rings. The van der Waals surface area contributed by atoms with Crippen molar-refractivity contribution in [2.24, 2.45) is 5.41 Å². The molecule has 0 saturated heterocycles. The van der Waals surface area contributed by atoms with E-state index in [1.54, 1.807) is 13.8 Å². The zero-order chi connectivity index (χ0) is 13.6. The maximum absolute atomic E-state index is 10.9. The number of unbranched alkanes of at least 4 members (excludes halogenated alkanes) is 1. The van der Waals surface area contributed by atoms with Gasteiger partial charge in [-0.1, -0.05) is 0 Å². The Kier molecular flexibility index (Phi) is 5.91. The van der Waals surface area contributed by atoms with Crippen molar-refractivity contribution in [2.45, 2.75) is 33.1 Å². The van der Waals surface area contributed by atoms with E-state index in [2.05, 4.69) is 22.6 Å². The van der Waals surface area contributed by atoms with Crippen LogP contribution in [-0.2, 0) is 4.79 Å². The highest BCUT2D eigenvalue weighted by molar-refractivity contribution is 14.1. The molecule has 4 heteroatoms. The Labute approximate surface area is 122 Å². The van der Waals surface area contributed by atoms with Crippen molar-refractivity contribution in [1.29, 1.82) is 0 Å². The van der Waals surface area contributed by atoms with Crippen molar-refractivity contribution < 1.29 is 14.6 Å². The summed E-state index contributed by atoms with van der Waals surface area (Å²) in [7, 11) is 0. The molecular formula is C14H19IO3. The largest absolute Gasteiger partial charge is 0.494 e. The Hall–Kier alpha value is -0.780. The molecule has 18 heavy (non-hydrogen) atoms. The highest BCUT2D eigenvalue weighted by atomic mass is 127. The standard InChI is InChI=1S/C14H19IO3/c1-14(2,13(16)17)9-3-4-10-18-12-7-5-11(15)6-8-12/h5-8H,3-4,9-10H2,1-2H3,(H,16,17). The first-order chi connectivity index (χ1) is 8.42. The highest BCUT2D eigenvalue weighted by Crippen LogP contribution is 2.23. The lowest BCUT2D eigenvalue weighted by Crippen LogP contribution is -2.23. The van der Waals surface area contributed by atoms with Gasteiger partial charge in [0.15, 0.2) is 0 Å². The van der Waals surface area contributed by atoms with Gasteiger partial charge in [0.05, 0.1) is 12.0 Å². The van der Waals surface area contributed by atoms with E-state index in [9.17, 15) is 4.79 Å². The minimum Gasteiger partial charge on any atom is -0.494 e. The number of aliphatic carboxylic acids is 1. The van der Waals surface area contributed by atoms with Crippen LogP contribution in [0.25, 0.3) is 0 Å². The number of rotatable bonds is 7. The Balaban J connectivity index is 2.20. The fourth-order valence-electron chi connectivity index (χ4n) is 1.50. The number of carboxylic acid groups (broad SMARTS) is 1. The van der Waals surface area contributed by atoms with Gasteiger partial charge in [0, 0.05) is 3.57 Å². The van der Waals surface area contributed by atoms with Crippen molar-refractivity contribution in [3.63, 3.8) is 0 Å². The number of hydrogen-bond acceptors (Lipinski definition) is 2. The van der Waals surface area contributed by atoms with Gasteiger partial charge in [-0.15, -0.1) is 0 Å². The third-order valence-electron chi connectivity index (χ3n) is 2.86. The smallest absolute Gasteiger partial charge is 0.309 e. The monoisotopic (exact) mass is 362 g/mol. The molecule has 0 aromatic heterocycles. The van der Waals surface area contributed by atoms with Gasteiger partial charge in [-0.05, 0) is 80.0 Å². The summed E-state index contributed by atoms with van der Waals surface area (Å²) in [5.74, 6) is 0.133. The molecule has 0 aliphatic heterocycles. The molecule has 0 fully saturated rings. The lowest BCUT2D eigenvalue weighted by atomic mass is 9.87. The van der Waals surface area contributed by atoms with Crippen LogP contribution in [0, 0.1) is 8.99 Å². The van der Waals surface area contributed by atoms with Crippen LogP contribution in [0.5, 0.6) is 5.75 Å². The van der Waals surface area contributed by atoms with E-state index in [4.69, 9.17) is 9.84 Å². The summed E-state index contributed by atoms with van der Waals surface area (Å²) in [6, 6.07) is 7.90. The molecule has 100 valence electrons. The SMILES string of the molecule is CC(C)(CCCCOc1ccc(I)cc1)C(=O)O. The summed E-state index contributed by atoms with van der Waals surface area (Å²) in [5, 5.41) is 8.97. The quantitative estimate of drug-likeness (QED) is 0.590. The predicted octanol–water partition coefficient (Wildman–Crippen LogP) is 3.95. The minimum atomic E-state index is -0.735. The Morgan fingerprint density at radius 3 is 2.44 bits per heavy atom. The van der Waals surface area contributed by atoms with Crippen LogP contribution in [0.15, 0.2) is 24.3 Å². The van der Waals surface area contributed by atoms with Crippen LogP contribution >= 0.6 is 22.6 Å². The van der Waals surface area contributed by atoms with Crippen LogP contribution in [0.2, 0.25) is 0 Å². The molecule has 3 nitrogen and oxygen atoms in total. The van der Waals surface area contributed by atoms with Crippen molar-refractivity contribution in [3.05, 3.63) is 27.8 Å². The maximum Gasteiger partial charge on any atom is 0.309 e. The van der Waals surface area contributed by atoms with Crippen molar-refractivity contribution >= 4 is 28.6 Å². The Morgan fingerprint density at radius 2 is 1.89 bits per heavy atom. The van der Waals surface area contributed by atoms with Gasteiger partial charge >= 0.3 is 5.97 Å². The summed E-state index contributed by atoms with van der Waals surface area (Å²) >= 11 is 2.25. The second-order valence-corrected chi connectivity index (χ2v) is 6.19. The average Bonchev–Trinajstić information content (AvgIpc) is 2.31. The Morgan fingerprint density at radius 1 is 1.28 bits per heavy atom. The van der Waals surface area contributed by atoms with Crippen LogP contribution in [0.3, 0.4) is 0 Å². The number of benzene rings is 1. The first-order valence-electron chi connectivity index (χ1n) is 6.03. The summed E-state index contributed by atoms with van der Waals surface area (Å²) in [4.78, 5) is 10.9. The average molecular weight is 362 g/mol. The van der Waals surface area contributed by atoms with Crippen LogP contribution in [-0.4, -0.2) is 17.7 Å².